The molecule has 3 fully saturated rings. The molecule has 2 N–H and O–H groups in total. The van der Waals surface area contributed by atoms with E-state index in [2.05, 4.69) is 15.3 Å². The molecular weight excluding hydrogens is 347 g/mol. The lowest BCUT2D eigenvalue weighted by Crippen LogP contribution is -2.51. The second kappa shape index (κ2) is 6.44. The lowest BCUT2D eigenvalue weighted by molar-refractivity contribution is -0.148. The van der Waals surface area contributed by atoms with Crippen LogP contribution in [0.1, 0.15) is 25.7 Å². The SMILES string of the molecule is O=C(O)C1C2CCC(CC2)C1Nc1nc(Cl)nc2c1ccn2CCF. The average Bonchev–Trinajstić information content (AvgIpc) is 2.99. The van der Waals surface area contributed by atoms with Crippen LogP contribution < -0.4 is 5.32 Å². The van der Waals surface area contributed by atoms with E-state index in [1.165, 1.54) is 0 Å². The van der Waals surface area contributed by atoms with Crippen molar-refractivity contribution in [3.8, 4) is 0 Å². The number of anilines is 1. The molecule has 8 heteroatoms. The molecule has 2 aromatic heterocycles. The predicted molar refractivity (Wildman–Crippen MR) is 92.5 cm³/mol. The van der Waals surface area contributed by atoms with Gasteiger partial charge in [0.2, 0.25) is 5.28 Å². The quantitative estimate of drug-likeness (QED) is 0.793. The highest BCUT2D eigenvalue weighted by Crippen LogP contribution is 2.46. The molecule has 0 spiro atoms. The molecule has 2 bridgehead atoms. The Morgan fingerprint density at radius 3 is 2.72 bits per heavy atom. The van der Waals surface area contributed by atoms with Crippen molar-refractivity contribution >= 4 is 34.4 Å². The Kier molecular flexibility index (Phi) is 4.27. The molecule has 0 aliphatic heterocycles. The molecule has 2 aromatic rings. The fourth-order valence-electron chi connectivity index (χ4n) is 4.59. The van der Waals surface area contributed by atoms with Crippen LogP contribution in [0.3, 0.4) is 0 Å². The van der Waals surface area contributed by atoms with Gasteiger partial charge in [-0.05, 0) is 55.2 Å². The summed E-state index contributed by atoms with van der Waals surface area (Å²) in [5.74, 6) is -0.0920. The van der Waals surface area contributed by atoms with Crippen molar-refractivity contribution in [3.63, 3.8) is 0 Å². The third-order valence-electron chi connectivity index (χ3n) is 5.72. The second-order valence-corrected chi connectivity index (χ2v) is 7.32. The van der Waals surface area contributed by atoms with Crippen molar-refractivity contribution < 1.29 is 14.3 Å². The van der Waals surface area contributed by atoms with Crippen molar-refractivity contribution in [2.75, 3.05) is 12.0 Å². The first-order valence-electron chi connectivity index (χ1n) is 8.66. The molecular formula is C17H20ClFN4O2. The van der Waals surface area contributed by atoms with Gasteiger partial charge in [-0.2, -0.15) is 4.98 Å². The summed E-state index contributed by atoms with van der Waals surface area (Å²) in [4.78, 5) is 20.3. The molecule has 25 heavy (non-hydrogen) atoms. The van der Waals surface area contributed by atoms with Crippen LogP contribution in [-0.4, -0.2) is 38.3 Å². The molecule has 5 rings (SSSR count). The number of hydrogen-bond donors (Lipinski definition) is 2. The van der Waals surface area contributed by atoms with Crippen LogP contribution in [-0.2, 0) is 11.3 Å². The molecule has 3 saturated carbocycles. The Hall–Kier alpha value is -1.89. The van der Waals surface area contributed by atoms with Crippen molar-refractivity contribution in [1.29, 1.82) is 0 Å². The minimum atomic E-state index is -0.752. The van der Waals surface area contributed by atoms with E-state index < -0.39 is 18.6 Å². The number of hydrogen-bond acceptors (Lipinski definition) is 4. The standard InChI is InChI=1S/C17H20ClFN4O2/c18-17-21-14(11-5-7-23(8-6-19)15(11)22-17)20-13-10-3-1-9(2-4-10)12(13)16(24)25/h5,7,9-10,12-13H,1-4,6,8H2,(H,24,25)(H,20,21,22). The number of carbonyl (C=O) groups is 1. The maximum atomic E-state index is 12.7. The second-order valence-electron chi connectivity index (χ2n) is 6.99. The van der Waals surface area contributed by atoms with E-state index in [0.717, 1.165) is 31.1 Å². The zero-order valence-electron chi connectivity index (χ0n) is 13.7. The number of carboxylic acids is 1. The minimum Gasteiger partial charge on any atom is -0.481 e. The molecule has 2 atom stereocenters. The number of aryl methyl sites for hydroxylation is 1. The zero-order valence-corrected chi connectivity index (χ0v) is 14.4. The number of nitrogens with zero attached hydrogens (tertiary/aromatic N) is 3. The topological polar surface area (TPSA) is 80.0 Å². The summed E-state index contributed by atoms with van der Waals surface area (Å²) in [6.45, 7) is -0.302. The number of fused-ring (bicyclic) bond motifs is 4. The van der Waals surface area contributed by atoms with Crippen molar-refractivity contribution in [1.82, 2.24) is 14.5 Å². The highest BCUT2D eigenvalue weighted by Gasteiger charge is 2.47. The molecule has 0 aromatic carbocycles. The van der Waals surface area contributed by atoms with Gasteiger partial charge in [0, 0.05) is 12.2 Å². The van der Waals surface area contributed by atoms with Crippen LogP contribution in [0.5, 0.6) is 0 Å². The highest BCUT2D eigenvalue weighted by molar-refractivity contribution is 6.28. The maximum Gasteiger partial charge on any atom is 0.308 e. The normalized spacial score (nSPS) is 28.4. The fraction of sp³-hybridized carbons (Fsp3) is 0.588. The molecule has 0 amide bonds. The first-order chi connectivity index (χ1) is 12.1. The van der Waals surface area contributed by atoms with Gasteiger partial charge in [-0.15, -0.1) is 0 Å². The van der Waals surface area contributed by atoms with Crippen molar-refractivity contribution in [2.45, 2.75) is 38.3 Å². The van der Waals surface area contributed by atoms with Gasteiger partial charge in [-0.1, -0.05) is 0 Å². The third-order valence-corrected chi connectivity index (χ3v) is 5.89. The van der Waals surface area contributed by atoms with Gasteiger partial charge in [0.25, 0.3) is 0 Å². The van der Waals surface area contributed by atoms with E-state index in [0.29, 0.717) is 17.4 Å². The molecule has 0 radical (unpaired) electrons. The molecule has 3 aliphatic carbocycles. The Labute approximate surface area is 149 Å². The number of alkyl halides is 1. The van der Waals surface area contributed by atoms with Crippen LogP contribution in [0.25, 0.3) is 11.0 Å². The summed E-state index contributed by atoms with van der Waals surface area (Å²) >= 11 is 6.06. The summed E-state index contributed by atoms with van der Waals surface area (Å²) in [6.07, 6.45) is 5.79. The summed E-state index contributed by atoms with van der Waals surface area (Å²) in [5.41, 5.74) is 0.563. The Bertz CT molecular complexity index is 803. The van der Waals surface area contributed by atoms with Crippen molar-refractivity contribution in [3.05, 3.63) is 17.5 Å². The first kappa shape index (κ1) is 16.6. The van der Waals surface area contributed by atoms with E-state index in [1.54, 1.807) is 10.8 Å². The summed E-state index contributed by atoms with van der Waals surface area (Å²) in [6, 6.07) is 1.66. The van der Waals surface area contributed by atoms with E-state index in [4.69, 9.17) is 11.6 Å². The van der Waals surface area contributed by atoms with Gasteiger partial charge in [0.15, 0.2) is 0 Å². The van der Waals surface area contributed by atoms with Crippen LogP contribution >= 0.6 is 11.6 Å². The molecule has 2 unspecified atom stereocenters. The molecule has 134 valence electrons. The van der Waals surface area contributed by atoms with Crippen LogP contribution in [0, 0.1) is 17.8 Å². The van der Waals surface area contributed by atoms with Gasteiger partial charge in [0.1, 0.15) is 18.1 Å². The maximum absolute atomic E-state index is 12.7. The Morgan fingerprint density at radius 1 is 1.32 bits per heavy atom. The lowest BCUT2D eigenvalue weighted by Gasteiger charge is -2.47. The predicted octanol–water partition coefficient (Wildman–Crippen LogP) is 3.36. The number of aromatic nitrogens is 3. The number of carboxylic acid groups (broad SMARTS) is 1. The molecule has 3 aliphatic rings. The van der Waals surface area contributed by atoms with E-state index in [9.17, 15) is 14.3 Å². The van der Waals surface area contributed by atoms with E-state index in [-0.39, 0.29) is 23.8 Å². The number of aliphatic carboxylic acids is 1. The van der Waals surface area contributed by atoms with Gasteiger partial charge in [-0.25, -0.2) is 9.37 Å². The van der Waals surface area contributed by atoms with E-state index in [1.807, 2.05) is 6.07 Å². The molecule has 0 saturated heterocycles. The average molecular weight is 367 g/mol. The minimum absolute atomic E-state index is 0.0710. The number of rotatable bonds is 5. The lowest BCUT2D eigenvalue weighted by atomic mass is 9.61. The van der Waals surface area contributed by atoms with Gasteiger partial charge in [0.05, 0.1) is 17.8 Å². The largest absolute Gasteiger partial charge is 0.481 e. The molecule has 6 nitrogen and oxygen atoms in total. The van der Waals surface area contributed by atoms with Gasteiger partial charge < -0.3 is 15.0 Å². The first-order valence-corrected chi connectivity index (χ1v) is 9.04. The van der Waals surface area contributed by atoms with Crippen LogP contribution in [0.2, 0.25) is 5.28 Å². The summed E-state index contributed by atoms with van der Waals surface area (Å²) < 4.78 is 14.4. The van der Waals surface area contributed by atoms with Crippen molar-refractivity contribution in [2.24, 2.45) is 17.8 Å². The van der Waals surface area contributed by atoms with Crippen LogP contribution in [0.4, 0.5) is 10.2 Å². The van der Waals surface area contributed by atoms with Gasteiger partial charge in [-0.3, -0.25) is 4.79 Å². The Balaban J connectivity index is 1.71. The summed E-state index contributed by atoms with van der Waals surface area (Å²) in [7, 11) is 0. The summed E-state index contributed by atoms with van der Waals surface area (Å²) in [5, 5.41) is 13.9. The number of nitrogens with one attached hydrogen (secondary N) is 1. The fourth-order valence-corrected chi connectivity index (χ4v) is 4.75. The highest BCUT2D eigenvalue weighted by atomic mass is 35.5. The van der Waals surface area contributed by atoms with Gasteiger partial charge >= 0.3 is 5.97 Å². The Morgan fingerprint density at radius 2 is 2.04 bits per heavy atom. The third kappa shape index (κ3) is 2.84. The van der Waals surface area contributed by atoms with Crippen LogP contribution in [0.15, 0.2) is 12.3 Å². The smallest absolute Gasteiger partial charge is 0.308 e. The molecule has 2 heterocycles. The monoisotopic (exact) mass is 366 g/mol. The number of halogens is 2. The van der Waals surface area contributed by atoms with E-state index >= 15 is 0 Å². The zero-order chi connectivity index (χ0) is 17.6.